The van der Waals surface area contributed by atoms with Crippen LogP contribution in [0.5, 0.6) is 17.2 Å². The number of ether oxygens (including phenoxy) is 3. The van der Waals surface area contributed by atoms with Gasteiger partial charge in [-0.1, -0.05) is 109 Å². The lowest BCUT2D eigenvalue weighted by Crippen LogP contribution is -2.26. The molecule has 15 nitrogen and oxygen atoms in total. The van der Waals surface area contributed by atoms with Gasteiger partial charge in [0, 0.05) is 85.6 Å². The maximum atomic E-state index is 12.6. The quantitative estimate of drug-likeness (QED) is 0.0327. The Kier molecular flexibility index (Phi) is 30.0. The predicted molar refractivity (Wildman–Crippen MR) is 371 cm³/mol. The second-order valence-electron chi connectivity index (χ2n) is 24.5. The van der Waals surface area contributed by atoms with E-state index in [1.807, 2.05) is 99.0 Å². The number of ketones is 3. The van der Waals surface area contributed by atoms with E-state index in [1.54, 1.807) is 35.4 Å². The number of Topliss-reactive ketones (excluding diaryl/α,β-unsaturated/α-hetero) is 3. The Bertz CT molecular complexity index is 3360. The van der Waals surface area contributed by atoms with Gasteiger partial charge in [-0.25, -0.2) is 0 Å². The standard InChI is InChI=1S/3C26H35NO4/c3*1-27(2)19-21(17-24(28)11-7-13-26(29)30)16-23-10-5-4-9-22(23)15-14-20-8-6-12-25(18-20)31-3/h3*4-6,8-10,12,18,21H,7,11,13-17,19H2,1-3H3,(H,29,30)/i2*1D3;/hD3. The Balaban J connectivity index is 0.000000325. The van der Waals surface area contributed by atoms with Crippen molar-refractivity contribution in [2.75, 3.05) is 83.1 Å². The molecule has 0 amide bonds. The van der Waals surface area contributed by atoms with Crippen LogP contribution >= 0.6 is 0 Å². The molecule has 93 heavy (non-hydrogen) atoms. The van der Waals surface area contributed by atoms with Crippen molar-refractivity contribution in [2.45, 2.75) is 135 Å². The van der Waals surface area contributed by atoms with Crippen LogP contribution < -0.4 is 14.2 Å². The number of rotatable bonds is 42. The number of carbonyl (C=O) groups is 6. The molecule has 0 saturated carbocycles. The summed E-state index contributed by atoms with van der Waals surface area (Å²) in [5.74, 6) is 0.522. The summed E-state index contributed by atoms with van der Waals surface area (Å²) in [5.41, 5.74) is 10.7. The highest BCUT2D eigenvalue weighted by atomic mass is 16.5. The maximum absolute atomic E-state index is 12.6. The van der Waals surface area contributed by atoms with Gasteiger partial charge in [-0.15, -0.1) is 0 Å². The molecule has 0 aliphatic heterocycles. The second-order valence-corrected chi connectivity index (χ2v) is 24.5. The van der Waals surface area contributed by atoms with Crippen LogP contribution in [-0.2, 0) is 86.6 Å². The van der Waals surface area contributed by atoms with Gasteiger partial charge in [-0.2, -0.15) is 0 Å². The molecule has 0 spiro atoms. The normalized spacial score (nSPS) is 13.5. The van der Waals surface area contributed by atoms with E-state index in [0.717, 1.165) is 79.9 Å². The van der Waals surface area contributed by atoms with Crippen molar-refractivity contribution in [2.24, 2.45) is 17.8 Å². The topological polar surface area (TPSA) is 201 Å². The van der Waals surface area contributed by atoms with Crippen LogP contribution in [0.1, 0.15) is 135 Å². The fraction of sp³-hybridized carbons (Fsp3) is 0.462. The zero-order valence-corrected chi connectivity index (χ0v) is 55.8. The van der Waals surface area contributed by atoms with Crippen LogP contribution in [0.3, 0.4) is 0 Å². The van der Waals surface area contributed by atoms with Gasteiger partial charge >= 0.3 is 17.9 Å². The predicted octanol–water partition coefficient (Wildman–Crippen LogP) is 13.2. The molecule has 0 aliphatic carbocycles. The first-order valence-corrected chi connectivity index (χ1v) is 32.3. The number of aryl methyl sites for hydroxylation is 6. The largest absolute Gasteiger partial charge is 0.497 e. The highest BCUT2D eigenvalue weighted by Crippen LogP contribution is 2.26. The minimum Gasteiger partial charge on any atom is -0.497 e. The smallest absolute Gasteiger partial charge is 0.303 e. The SMILES string of the molecule is [2H]OC(=O)CCCC(=O)CC(Cc1ccccc1CCc1cccc(OC)c1)CN(C)C.[2H]OC(=O)CCCC(=O)CC(Cc1ccccc1CCc1cccc(OC)c1)CN(C)C([2H])([2H])[2H].[2H]OC(=O)CCCC(=O)CC(Cc1ccccc1CCc1cccc(OC)c1)CN(C)C([2H])([2H])[2H]. The summed E-state index contributed by atoms with van der Waals surface area (Å²) in [6.45, 7) is -3.16. The molecule has 0 aromatic heterocycles. The number of carbonyl (C=O) groups excluding carboxylic acids is 3. The Morgan fingerprint density at radius 1 is 0.376 bits per heavy atom. The zero-order chi connectivity index (χ0) is 75.0. The van der Waals surface area contributed by atoms with Crippen LogP contribution in [-0.4, -0.2) is 148 Å². The number of carboxylic acids is 3. The van der Waals surface area contributed by atoms with Gasteiger partial charge in [-0.05, 0) is 223 Å². The molecular formula is C78H105N3O12. The number of nitrogens with zero attached hydrogens (tertiary/aromatic N) is 3. The van der Waals surface area contributed by atoms with Crippen molar-refractivity contribution >= 4 is 35.3 Å². The van der Waals surface area contributed by atoms with Crippen molar-refractivity contribution < 1.29 is 66.5 Å². The van der Waals surface area contributed by atoms with Crippen molar-refractivity contribution in [1.82, 2.24) is 14.7 Å². The molecule has 0 heterocycles. The summed E-state index contributed by atoms with van der Waals surface area (Å²) in [4.78, 5) is 75.9. The zero-order valence-electron chi connectivity index (χ0n) is 64.8. The molecule has 0 saturated heterocycles. The third-order valence-corrected chi connectivity index (χ3v) is 16.1. The molecular weight excluding hydrogens is 1170 g/mol. The van der Waals surface area contributed by atoms with Gasteiger partial charge in [0.25, 0.3) is 4.29 Å². The lowest BCUT2D eigenvalue weighted by molar-refractivity contribution is -0.138. The maximum Gasteiger partial charge on any atom is 0.303 e. The van der Waals surface area contributed by atoms with E-state index in [-0.39, 0.29) is 93.1 Å². The molecule has 504 valence electrons. The Hall–Kier alpha value is -7.98. The third-order valence-electron chi connectivity index (χ3n) is 16.1. The van der Waals surface area contributed by atoms with Gasteiger partial charge < -0.3 is 44.2 Å². The number of aliphatic carboxylic acids is 3. The molecule has 6 aromatic rings. The summed E-state index contributed by atoms with van der Waals surface area (Å²) in [6.07, 6.45) is 10.0. The van der Waals surface area contributed by atoms with Crippen molar-refractivity contribution in [3.63, 3.8) is 0 Å². The molecule has 6 rings (SSSR count). The molecule has 0 aliphatic rings. The van der Waals surface area contributed by atoms with E-state index in [1.165, 1.54) is 48.7 Å². The number of methoxy groups -OCH3 is 3. The number of carboxylic acid groups (broad SMARTS) is 3. The fourth-order valence-electron chi connectivity index (χ4n) is 11.7. The first kappa shape index (κ1) is 63.8. The molecule has 0 radical (unpaired) electrons. The average Bonchev–Trinajstić information content (AvgIpc) is 0.865. The molecule has 3 atom stereocenters. The van der Waals surface area contributed by atoms with Crippen LogP contribution in [0.2, 0.25) is 0 Å². The van der Waals surface area contributed by atoms with Crippen LogP contribution in [0.15, 0.2) is 146 Å². The van der Waals surface area contributed by atoms with E-state index in [4.69, 9.17) is 26.7 Å². The minimum atomic E-state index is -2.24. The minimum absolute atomic E-state index is 0.0161. The summed E-state index contributed by atoms with van der Waals surface area (Å²) in [7, 11) is 12.1. The van der Waals surface area contributed by atoms with Crippen LogP contribution in [0.25, 0.3) is 4.29 Å². The second kappa shape index (κ2) is 43.8. The average molecular weight is 1290 g/mol. The van der Waals surface area contributed by atoms with E-state index in [2.05, 4.69) is 80.9 Å². The van der Waals surface area contributed by atoms with Crippen molar-refractivity contribution in [3.05, 3.63) is 196 Å². The number of benzene rings is 6. The molecule has 3 N–H and O–H groups in total. The highest BCUT2D eigenvalue weighted by Gasteiger charge is 2.21. The lowest BCUT2D eigenvalue weighted by atomic mass is 9.89. The van der Waals surface area contributed by atoms with Gasteiger partial charge in [0.2, 0.25) is 0 Å². The molecule has 0 bridgehead atoms. The fourth-order valence-corrected chi connectivity index (χ4v) is 11.7. The summed E-state index contributed by atoms with van der Waals surface area (Å²) in [6, 6.07) is 48.7. The molecule has 3 unspecified atom stereocenters. The van der Waals surface area contributed by atoms with Gasteiger partial charge in [0.15, 0.2) is 0 Å². The third kappa shape index (κ3) is 33.4. The van der Waals surface area contributed by atoms with Gasteiger partial charge in [0.1, 0.15) is 34.6 Å². The monoisotopic (exact) mass is 1280 g/mol. The molecule has 6 aromatic carbocycles. The Morgan fingerprint density at radius 2 is 0.656 bits per heavy atom. The van der Waals surface area contributed by atoms with Crippen molar-refractivity contribution in [3.8, 4) is 17.2 Å². The van der Waals surface area contributed by atoms with E-state index in [0.29, 0.717) is 44.9 Å². The summed E-state index contributed by atoms with van der Waals surface area (Å²) < 4.78 is 82.0. The van der Waals surface area contributed by atoms with Crippen molar-refractivity contribution in [1.29, 1.82) is 4.29 Å². The Labute approximate surface area is 567 Å². The van der Waals surface area contributed by atoms with E-state index >= 15 is 0 Å². The van der Waals surface area contributed by atoms with E-state index < -0.39 is 31.9 Å². The van der Waals surface area contributed by atoms with Crippen LogP contribution in [0, 0.1) is 17.8 Å². The molecule has 0 fully saturated rings. The Morgan fingerprint density at radius 3 is 0.914 bits per heavy atom. The number of hydrogen-bond acceptors (Lipinski definition) is 15. The van der Waals surface area contributed by atoms with Gasteiger partial charge in [-0.3, -0.25) is 28.8 Å². The lowest BCUT2D eigenvalue weighted by Gasteiger charge is -2.22. The highest BCUT2D eigenvalue weighted by molar-refractivity contribution is 5.80. The first-order valence-electron chi connectivity index (χ1n) is 36.6. The van der Waals surface area contributed by atoms with Crippen LogP contribution in [0.4, 0.5) is 0 Å². The first-order chi connectivity index (χ1) is 48.6. The van der Waals surface area contributed by atoms with E-state index in [9.17, 15) is 28.8 Å². The summed E-state index contributed by atoms with van der Waals surface area (Å²) >= 11 is 0. The summed E-state index contributed by atoms with van der Waals surface area (Å²) in [5, 5.41) is 11.7. The molecule has 15 heteroatoms. The van der Waals surface area contributed by atoms with Gasteiger partial charge in [0.05, 0.1) is 21.3 Å². The number of hydrogen-bond donors (Lipinski definition) is 3.